The molecule has 1 aliphatic heterocycles. The van der Waals surface area contributed by atoms with E-state index in [2.05, 4.69) is 36.4 Å². The molecule has 4 heteroatoms. The number of benzene rings is 2. The summed E-state index contributed by atoms with van der Waals surface area (Å²) in [6, 6.07) is 19.1. The monoisotopic (exact) mass is 381 g/mol. The Bertz CT molecular complexity index is 787. The van der Waals surface area contributed by atoms with Gasteiger partial charge in [-0.05, 0) is 69.3 Å². The van der Waals surface area contributed by atoms with Gasteiger partial charge in [0.15, 0.2) is 5.78 Å². The summed E-state index contributed by atoms with van der Waals surface area (Å²) in [5, 5.41) is 20.1. The van der Waals surface area contributed by atoms with Crippen LogP contribution in [0.15, 0.2) is 54.6 Å². The highest BCUT2D eigenvalue weighted by atomic mass is 16.3. The molecule has 1 heterocycles. The number of nitrogens with zero attached hydrogens (tertiary/aromatic N) is 1. The highest BCUT2D eigenvalue weighted by molar-refractivity contribution is 5.90. The van der Waals surface area contributed by atoms with Crippen molar-refractivity contribution >= 4 is 5.78 Å². The van der Waals surface area contributed by atoms with Crippen LogP contribution in [0, 0.1) is 0 Å². The van der Waals surface area contributed by atoms with Crippen molar-refractivity contribution in [2.24, 2.45) is 0 Å². The lowest BCUT2D eigenvalue weighted by atomic mass is 9.76. The Morgan fingerprint density at radius 1 is 0.964 bits per heavy atom. The Kier molecular flexibility index (Phi) is 6.04. The fraction of sp³-hybridized carbons (Fsp3) is 0.458. The van der Waals surface area contributed by atoms with E-state index in [1.807, 2.05) is 23.1 Å². The number of aliphatic hydroxyl groups excluding tert-OH is 1. The average Bonchev–Trinajstić information content (AvgIpc) is 2.72. The van der Waals surface area contributed by atoms with Gasteiger partial charge in [-0.1, -0.05) is 54.6 Å². The van der Waals surface area contributed by atoms with Gasteiger partial charge < -0.3 is 10.2 Å². The highest BCUT2D eigenvalue weighted by Gasteiger charge is 2.50. The van der Waals surface area contributed by atoms with Crippen LogP contribution >= 0.6 is 0 Å². The molecule has 0 aromatic heterocycles. The first kappa shape index (κ1) is 20.7. The Morgan fingerprint density at radius 2 is 1.50 bits per heavy atom. The second kappa shape index (κ2) is 8.16. The van der Waals surface area contributed by atoms with Crippen LogP contribution in [0.1, 0.15) is 45.1 Å². The maximum absolute atomic E-state index is 12.5. The third kappa shape index (κ3) is 3.90. The van der Waals surface area contributed by atoms with Gasteiger partial charge in [0, 0.05) is 0 Å². The maximum atomic E-state index is 12.5. The molecule has 1 unspecified atom stereocenters. The van der Waals surface area contributed by atoms with Crippen molar-refractivity contribution in [1.29, 1.82) is 0 Å². The average molecular weight is 382 g/mol. The number of Topliss-reactive ketones (excluding diaryl/α,β-unsaturated/α-hetero) is 1. The second-order valence-corrected chi connectivity index (χ2v) is 8.46. The SMILES string of the molecule is CC(C)(O)C(C)(C(=O)CO)N1CCC(c2ccc(-c3ccccc3)cc2)CC1. The quantitative estimate of drug-likeness (QED) is 0.802. The summed E-state index contributed by atoms with van der Waals surface area (Å²) < 4.78 is 0. The zero-order valence-corrected chi connectivity index (χ0v) is 17.1. The van der Waals surface area contributed by atoms with Crippen LogP contribution in [-0.4, -0.2) is 51.7 Å². The number of hydrogen-bond donors (Lipinski definition) is 2. The van der Waals surface area contributed by atoms with Gasteiger partial charge in [-0.2, -0.15) is 0 Å². The van der Waals surface area contributed by atoms with Crippen LogP contribution in [0.4, 0.5) is 0 Å². The number of hydrogen-bond acceptors (Lipinski definition) is 4. The van der Waals surface area contributed by atoms with Gasteiger partial charge in [0.1, 0.15) is 12.1 Å². The number of carbonyl (C=O) groups is 1. The van der Waals surface area contributed by atoms with Gasteiger partial charge in [0.05, 0.1) is 5.60 Å². The van der Waals surface area contributed by atoms with Gasteiger partial charge in [-0.15, -0.1) is 0 Å². The number of aliphatic hydroxyl groups is 2. The standard InChI is InChI=1S/C24H31NO3/c1-23(2,28)24(3,22(27)17-26)25-15-13-21(14-16-25)20-11-9-19(10-12-20)18-7-5-4-6-8-18/h4-12,21,26,28H,13-17H2,1-3H3. The van der Waals surface area contributed by atoms with Crippen molar-refractivity contribution in [2.75, 3.05) is 19.7 Å². The summed E-state index contributed by atoms with van der Waals surface area (Å²) in [7, 11) is 0. The maximum Gasteiger partial charge on any atom is 0.180 e. The molecule has 150 valence electrons. The van der Waals surface area contributed by atoms with E-state index in [0.29, 0.717) is 5.92 Å². The Morgan fingerprint density at radius 3 is 2.00 bits per heavy atom. The van der Waals surface area contributed by atoms with Crippen molar-refractivity contribution in [3.05, 3.63) is 60.2 Å². The molecule has 4 nitrogen and oxygen atoms in total. The van der Waals surface area contributed by atoms with Crippen molar-refractivity contribution < 1.29 is 15.0 Å². The molecule has 2 aromatic rings. The fourth-order valence-electron chi connectivity index (χ4n) is 4.30. The first-order chi connectivity index (χ1) is 13.3. The van der Waals surface area contributed by atoms with Crippen LogP contribution in [0.3, 0.4) is 0 Å². The van der Waals surface area contributed by atoms with Crippen LogP contribution in [0.5, 0.6) is 0 Å². The Balaban J connectivity index is 1.70. The molecule has 0 aliphatic carbocycles. The van der Waals surface area contributed by atoms with Crippen LogP contribution in [0.2, 0.25) is 0 Å². The number of ketones is 1. The molecule has 1 fully saturated rings. The molecule has 28 heavy (non-hydrogen) atoms. The molecule has 0 saturated carbocycles. The largest absolute Gasteiger partial charge is 0.389 e. The van der Waals surface area contributed by atoms with E-state index in [1.165, 1.54) is 16.7 Å². The molecule has 2 N–H and O–H groups in total. The second-order valence-electron chi connectivity index (χ2n) is 8.46. The lowest BCUT2D eigenvalue weighted by Crippen LogP contribution is -2.66. The number of carbonyl (C=O) groups excluding carboxylic acids is 1. The van der Waals surface area contributed by atoms with Gasteiger partial charge in [-0.3, -0.25) is 9.69 Å². The van der Waals surface area contributed by atoms with Crippen molar-refractivity contribution in [3.8, 4) is 11.1 Å². The minimum atomic E-state index is -1.23. The predicted octanol–water partition coefficient (Wildman–Crippen LogP) is 3.62. The van der Waals surface area contributed by atoms with E-state index >= 15 is 0 Å². The molecular formula is C24H31NO3. The van der Waals surface area contributed by atoms with Gasteiger partial charge in [-0.25, -0.2) is 0 Å². The van der Waals surface area contributed by atoms with Crippen LogP contribution < -0.4 is 0 Å². The first-order valence-corrected chi connectivity index (χ1v) is 10.0. The van der Waals surface area contributed by atoms with Crippen molar-refractivity contribution in [2.45, 2.75) is 50.7 Å². The van der Waals surface area contributed by atoms with E-state index in [9.17, 15) is 15.0 Å². The summed E-state index contributed by atoms with van der Waals surface area (Å²) >= 11 is 0. The number of likely N-dealkylation sites (tertiary alicyclic amines) is 1. The Labute approximate surface area is 167 Å². The lowest BCUT2D eigenvalue weighted by molar-refractivity contribution is -0.153. The molecule has 0 radical (unpaired) electrons. The highest BCUT2D eigenvalue weighted by Crippen LogP contribution is 2.36. The molecule has 2 aromatic carbocycles. The van der Waals surface area contributed by atoms with Gasteiger partial charge in [0.25, 0.3) is 0 Å². The molecular weight excluding hydrogens is 350 g/mol. The fourth-order valence-corrected chi connectivity index (χ4v) is 4.30. The van der Waals surface area contributed by atoms with Gasteiger partial charge >= 0.3 is 0 Å². The van der Waals surface area contributed by atoms with Crippen molar-refractivity contribution in [3.63, 3.8) is 0 Å². The molecule has 3 rings (SSSR count). The molecule has 1 aliphatic rings. The summed E-state index contributed by atoms with van der Waals surface area (Å²) in [4.78, 5) is 14.5. The number of rotatable bonds is 6. The summed E-state index contributed by atoms with van der Waals surface area (Å²) in [5.74, 6) is 0.113. The lowest BCUT2D eigenvalue weighted by Gasteiger charge is -2.49. The topological polar surface area (TPSA) is 60.8 Å². The molecule has 0 amide bonds. The third-order valence-corrected chi connectivity index (χ3v) is 6.49. The first-order valence-electron chi connectivity index (χ1n) is 10.0. The van der Waals surface area contributed by atoms with E-state index in [0.717, 1.165) is 25.9 Å². The zero-order valence-electron chi connectivity index (χ0n) is 17.1. The van der Waals surface area contributed by atoms with E-state index in [1.54, 1.807) is 20.8 Å². The summed E-state index contributed by atoms with van der Waals surface area (Å²) in [6.07, 6.45) is 1.85. The minimum Gasteiger partial charge on any atom is -0.389 e. The Hall–Kier alpha value is -2.01. The van der Waals surface area contributed by atoms with E-state index in [-0.39, 0.29) is 5.78 Å². The molecule has 0 bridgehead atoms. The molecule has 1 saturated heterocycles. The third-order valence-electron chi connectivity index (χ3n) is 6.49. The van der Waals surface area contributed by atoms with Crippen LogP contribution in [0.25, 0.3) is 11.1 Å². The minimum absolute atomic E-state index is 0.328. The molecule has 1 atom stereocenters. The summed E-state index contributed by atoms with van der Waals surface area (Å²) in [5.41, 5.74) is 1.44. The number of piperidine rings is 1. The van der Waals surface area contributed by atoms with E-state index in [4.69, 9.17) is 0 Å². The van der Waals surface area contributed by atoms with Gasteiger partial charge in [0.2, 0.25) is 0 Å². The predicted molar refractivity (Wildman–Crippen MR) is 112 cm³/mol. The van der Waals surface area contributed by atoms with Crippen molar-refractivity contribution in [1.82, 2.24) is 4.90 Å². The molecule has 0 spiro atoms. The van der Waals surface area contributed by atoms with Crippen LogP contribution in [-0.2, 0) is 4.79 Å². The zero-order chi connectivity index (χ0) is 20.4. The van der Waals surface area contributed by atoms with E-state index < -0.39 is 17.7 Å². The normalized spacial score (nSPS) is 18.6. The summed E-state index contributed by atoms with van der Waals surface area (Å²) in [6.45, 7) is 5.93. The smallest absolute Gasteiger partial charge is 0.180 e.